The Bertz CT molecular complexity index is 776. The molecule has 5 nitrogen and oxygen atoms in total. The summed E-state index contributed by atoms with van der Waals surface area (Å²) in [5.41, 5.74) is 2.17. The van der Waals surface area contributed by atoms with E-state index in [2.05, 4.69) is 9.89 Å². The maximum absolute atomic E-state index is 12.7. The average molecular weight is 341 g/mol. The lowest BCUT2D eigenvalue weighted by Crippen LogP contribution is -2.28. The van der Waals surface area contributed by atoms with Gasteiger partial charge in [0.15, 0.2) is 5.17 Å². The van der Waals surface area contributed by atoms with Crippen LogP contribution in [0.3, 0.4) is 0 Å². The number of likely N-dealkylation sites (N-methyl/N-ethyl adjacent to an activating group) is 1. The van der Waals surface area contributed by atoms with Gasteiger partial charge in [-0.1, -0.05) is 31.0 Å². The Balaban J connectivity index is 1.69. The summed E-state index contributed by atoms with van der Waals surface area (Å²) in [5, 5.41) is 0.754. The van der Waals surface area contributed by atoms with Gasteiger partial charge in [-0.25, -0.2) is 0 Å². The second-order valence-electron chi connectivity index (χ2n) is 6.29. The number of amidine groups is 1. The zero-order valence-electron chi connectivity index (χ0n) is 13.6. The molecule has 0 radical (unpaired) electrons. The van der Waals surface area contributed by atoms with Gasteiger partial charge in [-0.15, -0.1) is 0 Å². The molecule has 0 bridgehead atoms. The third-order valence-electron chi connectivity index (χ3n) is 4.74. The molecule has 2 amide bonds. The van der Waals surface area contributed by atoms with E-state index < -0.39 is 0 Å². The van der Waals surface area contributed by atoms with Crippen LogP contribution in [-0.4, -0.2) is 42.0 Å². The Hall–Kier alpha value is -2.08. The van der Waals surface area contributed by atoms with E-state index in [4.69, 9.17) is 0 Å². The van der Waals surface area contributed by atoms with Crippen LogP contribution >= 0.6 is 11.8 Å². The highest BCUT2D eigenvalue weighted by molar-refractivity contribution is 8.18. The number of anilines is 1. The first-order valence-corrected chi connectivity index (χ1v) is 9.16. The molecular weight excluding hydrogens is 322 g/mol. The molecule has 124 valence electrons. The van der Waals surface area contributed by atoms with Crippen molar-refractivity contribution in [1.82, 2.24) is 4.90 Å². The van der Waals surface area contributed by atoms with Crippen LogP contribution in [0.5, 0.6) is 0 Å². The standard InChI is InChI=1S/C18H19N3O2S/c1-20-13-9-5-4-8-12(13)14(17(20)23)15-16(22)19-18(24-15)21-10-6-2-3-7-11-21/h4-5,8-9H,2-3,6-7,10-11H2,1H3. The number of hydrogen-bond acceptors (Lipinski definition) is 4. The fraction of sp³-hybridized carbons (Fsp3) is 0.389. The minimum atomic E-state index is -0.285. The molecule has 1 aromatic rings. The first-order valence-electron chi connectivity index (χ1n) is 8.34. The predicted octanol–water partition coefficient (Wildman–Crippen LogP) is 2.88. The van der Waals surface area contributed by atoms with Crippen molar-refractivity contribution in [3.63, 3.8) is 0 Å². The minimum absolute atomic E-state index is 0.126. The summed E-state index contributed by atoms with van der Waals surface area (Å²) < 4.78 is 0. The summed E-state index contributed by atoms with van der Waals surface area (Å²) in [6, 6.07) is 7.60. The van der Waals surface area contributed by atoms with Gasteiger partial charge in [-0.2, -0.15) is 4.99 Å². The highest BCUT2D eigenvalue weighted by atomic mass is 32.2. The van der Waals surface area contributed by atoms with Gasteiger partial charge in [0.05, 0.1) is 16.2 Å². The van der Waals surface area contributed by atoms with Crippen LogP contribution in [0.25, 0.3) is 5.57 Å². The summed E-state index contributed by atoms with van der Waals surface area (Å²) >= 11 is 1.36. The van der Waals surface area contributed by atoms with E-state index in [0.29, 0.717) is 10.5 Å². The molecule has 24 heavy (non-hydrogen) atoms. The van der Waals surface area contributed by atoms with E-state index >= 15 is 0 Å². The SMILES string of the molecule is CN1C(=O)C(=C2SC(N3CCCCCC3)=NC2=O)c2ccccc21. The zero-order valence-corrected chi connectivity index (χ0v) is 14.4. The Morgan fingerprint density at radius 1 is 1.04 bits per heavy atom. The first-order chi connectivity index (χ1) is 11.7. The van der Waals surface area contributed by atoms with Gasteiger partial charge in [0.2, 0.25) is 0 Å². The van der Waals surface area contributed by atoms with Crippen molar-refractivity contribution in [3.05, 3.63) is 34.7 Å². The molecule has 0 aliphatic carbocycles. The summed E-state index contributed by atoms with van der Waals surface area (Å²) in [6.07, 6.45) is 4.72. The number of benzene rings is 1. The van der Waals surface area contributed by atoms with Crippen LogP contribution < -0.4 is 4.90 Å². The summed E-state index contributed by atoms with van der Waals surface area (Å²) in [6.45, 7) is 1.87. The smallest absolute Gasteiger partial charge is 0.287 e. The van der Waals surface area contributed by atoms with Crippen molar-refractivity contribution in [2.24, 2.45) is 4.99 Å². The first kappa shape index (κ1) is 15.4. The van der Waals surface area contributed by atoms with Crippen molar-refractivity contribution in [2.45, 2.75) is 25.7 Å². The number of para-hydroxylation sites is 1. The number of carbonyl (C=O) groups is 2. The van der Waals surface area contributed by atoms with Crippen molar-refractivity contribution in [1.29, 1.82) is 0 Å². The third kappa shape index (κ3) is 2.45. The van der Waals surface area contributed by atoms with Crippen LogP contribution in [0.2, 0.25) is 0 Å². The second kappa shape index (κ2) is 6.09. The summed E-state index contributed by atoms with van der Waals surface area (Å²) in [4.78, 5) is 33.7. The van der Waals surface area contributed by atoms with Gasteiger partial charge < -0.3 is 9.80 Å². The average Bonchev–Trinajstić information content (AvgIpc) is 2.94. The van der Waals surface area contributed by atoms with Crippen LogP contribution in [0, 0.1) is 0 Å². The zero-order chi connectivity index (χ0) is 16.7. The summed E-state index contributed by atoms with van der Waals surface area (Å²) in [5.74, 6) is -0.410. The number of likely N-dealkylation sites (tertiary alicyclic amines) is 1. The number of aliphatic imine (C=N–C) groups is 1. The van der Waals surface area contributed by atoms with Gasteiger partial charge in [-0.3, -0.25) is 9.59 Å². The number of amides is 2. The van der Waals surface area contributed by atoms with Crippen molar-refractivity contribution >= 4 is 40.0 Å². The molecular formula is C18H19N3O2S. The van der Waals surface area contributed by atoms with E-state index in [1.165, 1.54) is 24.6 Å². The quantitative estimate of drug-likeness (QED) is 0.681. The molecule has 1 fully saturated rings. The molecule has 3 heterocycles. The minimum Gasteiger partial charge on any atom is -0.351 e. The largest absolute Gasteiger partial charge is 0.351 e. The topological polar surface area (TPSA) is 53.0 Å². The second-order valence-corrected chi connectivity index (χ2v) is 7.27. The van der Waals surface area contributed by atoms with Crippen LogP contribution in [-0.2, 0) is 9.59 Å². The van der Waals surface area contributed by atoms with Crippen LogP contribution in [0.4, 0.5) is 5.69 Å². The van der Waals surface area contributed by atoms with E-state index in [1.54, 1.807) is 11.9 Å². The van der Waals surface area contributed by atoms with Gasteiger partial charge in [0, 0.05) is 25.7 Å². The number of rotatable bonds is 0. The molecule has 0 N–H and O–H groups in total. The lowest BCUT2D eigenvalue weighted by Gasteiger charge is -2.20. The number of hydrogen-bond donors (Lipinski definition) is 0. The molecule has 3 aliphatic rings. The van der Waals surface area contributed by atoms with Gasteiger partial charge in [0.25, 0.3) is 11.8 Å². The van der Waals surface area contributed by atoms with Gasteiger partial charge in [-0.05, 0) is 30.7 Å². The fourth-order valence-corrected chi connectivity index (χ4v) is 4.49. The molecule has 0 atom stereocenters. The maximum atomic E-state index is 12.7. The lowest BCUT2D eigenvalue weighted by atomic mass is 10.1. The van der Waals surface area contributed by atoms with Crippen LogP contribution in [0.15, 0.2) is 34.2 Å². The Labute approximate surface area is 145 Å². The molecule has 1 aromatic carbocycles. The molecule has 6 heteroatoms. The maximum Gasteiger partial charge on any atom is 0.287 e. The fourth-order valence-electron chi connectivity index (χ4n) is 3.44. The number of fused-ring (bicyclic) bond motifs is 1. The summed E-state index contributed by atoms with van der Waals surface area (Å²) in [7, 11) is 1.75. The van der Waals surface area contributed by atoms with Gasteiger partial charge in [0.1, 0.15) is 0 Å². The molecule has 4 rings (SSSR count). The van der Waals surface area contributed by atoms with E-state index in [-0.39, 0.29) is 11.8 Å². The number of thioether (sulfide) groups is 1. The van der Waals surface area contributed by atoms with Crippen molar-refractivity contribution < 1.29 is 9.59 Å². The van der Waals surface area contributed by atoms with Crippen LogP contribution in [0.1, 0.15) is 31.2 Å². The highest BCUT2D eigenvalue weighted by Gasteiger charge is 2.38. The monoisotopic (exact) mass is 341 g/mol. The molecule has 0 unspecified atom stereocenters. The molecule has 0 saturated carbocycles. The molecule has 0 spiro atoms. The van der Waals surface area contributed by atoms with E-state index in [9.17, 15) is 9.59 Å². The van der Waals surface area contributed by atoms with Gasteiger partial charge >= 0.3 is 0 Å². The number of carbonyl (C=O) groups excluding carboxylic acids is 2. The lowest BCUT2D eigenvalue weighted by molar-refractivity contribution is -0.115. The van der Waals surface area contributed by atoms with E-state index in [0.717, 1.165) is 42.3 Å². The van der Waals surface area contributed by atoms with Crippen molar-refractivity contribution in [2.75, 3.05) is 25.0 Å². The Morgan fingerprint density at radius 3 is 2.50 bits per heavy atom. The molecule has 1 saturated heterocycles. The third-order valence-corrected chi connectivity index (χ3v) is 5.86. The van der Waals surface area contributed by atoms with E-state index in [1.807, 2.05) is 24.3 Å². The normalized spacial score (nSPS) is 24.3. The number of nitrogens with zero attached hydrogens (tertiary/aromatic N) is 3. The Morgan fingerprint density at radius 2 is 1.75 bits per heavy atom. The molecule has 3 aliphatic heterocycles. The Kier molecular flexibility index (Phi) is 3.92. The molecule has 0 aromatic heterocycles. The highest BCUT2D eigenvalue weighted by Crippen LogP contribution is 2.43. The van der Waals surface area contributed by atoms with Crippen molar-refractivity contribution in [3.8, 4) is 0 Å². The predicted molar refractivity (Wildman–Crippen MR) is 96.8 cm³/mol.